The molecule has 0 atom stereocenters. The number of halogens is 8. The minimum atomic E-state index is -5.13. The molecule has 6 nitrogen and oxygen atoms in total. The topological polar surface area (TPSA) is 60.0 Å². The average molecular weight is 801 g/mol. The van der Waals surface area contributed by atoms with Crippen LogP contribution in [0.5, 0.6) is 0 Å². The molecule has 8 aromatic rings. The Morgan fingerprint density at radius 2 is 1.36 bits per heavy atom. The first-order valence-electron chi connectivity index (χ1n) is 18.1. The van der Waals surface area contributed by atoms with Crippen molar-refractivity contribution >= 4 is 50.8 Å². The third-order valence-corrected chi connectivity index (χ3v) is 10.6. The lowest BCUT2D eigenvalue weighted by Gasteiger charge is -2.22. The Kier molecular flexibility index (Phi) is 8.16. The van der Waals surface area contributed by atoms with Gasteiger partial charge in [-0.1, -0.05) is 54.6 Å². The summed E-state index contributed by atoms with van der Waals surface area (Å²) in [5.41, 5.74) is -2.54. The largest absolute Gasteiger partial charge is 0.418 e. The lowest BCUT2D eigenvalue weighted by atomic mass is 9.97. The van der Waals surface area contributed by atoms with E-state index >= 15 is 30.7 Å². The number of hydrogen-bond acceptors (Lipinski definition) is 4. The quantitative estimate of drug-likeness (QED) is 0.110. The minimum Gasteiger partial charge on any atom is -0.346 e. The summed E-state index contributed by atoms with van der Waals surface area (Å²) in [6.07, 6.45) is 8.18. The fourth-order valence-corrected chi connectivity index (χ4v) is 8.03. The smallest absolute Gasteiger partial charge is 0.346 e. The zero-order chi connectivity index (χ0) is 40.7. The molecule has 0 bridgehead atoms. The molecule has 3 aromatic heterocycles. The van der Waals surface area contributed by atoms with Crippen molar-refractivity contribution in [2.45, 2.75) is 12.6 Å². The van der Waals surface area contributed by atoms with Crippen LogP contribution in [-0.4, -0.2) is 25.3 Å². The van der Waals surface area contributed by atoms with Crippen molar-refractivity contribution < 1.29 is 35.1 Å². The maximum absolute atomic E-state index is 16.2. The van der Waals surface area contributed by atoms with Crippen LogP contribution in [0.1, 0.15) is 11.1 Å². The number of aliphatic imine (C=N–C) groups is 1. The molecular formula is C45H24F8N6. The third kappa shape index (κ3) is 5.57. The number of nitrogens with one attached hydrogen (secondary N) is 1. The number of rotatable bonds is 4. The summed E-state index contributed by atoms with van der Waals surface area (Å²) >= 11 is 0. The molecule has 290 valence electrons. The van der Waals surface area contributed by atoms with E-state index in [9.17, 15) is 4.39 Å². The molecule has 4 heterocycles. The molecule has 14 heteroatoms. The lowest BCUT2D eigenvalue weighted by Crippen LogP contribution is -2.22. The van der Waals surface area contributed by atoms with Crippen molar-refractivity contribution in [1.29, 1.82) is 0 Å². The molecule has 1 N–H and O–H groups in total. The monoisotopic (exact) mass is 800 g/mol. The molecule has 0 saturated carbocycles. The first-order chi connectivity index (χ1) is 28.5. The predicted molar refractivity (Wildman–Crippen MR) is 210 cm³/mol. The molecule has 0 spiro atoms. The molecule has 5 aromatic carbocycles. The first kappa shape index (κ1) is 36.0. The van der Waals surface area contributed by atoms with Gasteiger partial charge in [0.1, 0.15) is 5.82 Å². The van der Waals surface area contributed by atoms with E-state index in [0.717, 1.165) is 6.07 Å². The fraction of sp³-hybridized carbons (Fsp3) is 0.0444. The molecule has 0 amide bonds. The summed E-state index contributed by atoms with van der Waals surface area (Å²) in [5.74, 6) is -10.7. The Morgan fingerprint density at radius 1 is 0.644 bits per heavy atom. The lowest BCUT2D eigenvalue weighted by molar-refractivity contribution is -0.137. The molecule has 0 radical (unpaired) electrons. The van der Waals surface area contributed by atoms with Crippen molar-refractivity contribution in [2.75, 3.05) is 0 Å². The Labute approximate surface area is 327 Å². The van der Waals surface area contributed by atoms with Gasteiger partial charge >= 0.3 is 6.18 Å². The van der Waals surface area contributed by atoms with E-state index in [1.165, 1.54) is 27.7 Å². The Hall–Kier alpha value is -7.35. The molecule has 0 saturated heterocycles. The van der Waals surface area contributed by atoms with Gasteiger partial charge in [0.15, 0.2) is 29.1 Å². The summed E-state index contributed by atoms with van der Waals surface area (Å²) < 4.78 is 128. The highest BCUT2D eigenvalue weighted by Gasteiger charge is 2.38. The van der Waals surface area contributed by atoms with Crippen LogP contribution in [0.25, 0.3) is 78.5 Å². The number of nitrogens with zero attached hydrogens (tertiary/aromatic N) is 5. The maximum atomic E-state index is 16.2. The normalized spacial score (nSPS) is 14.6. The molecule has 0 fully saturated rings. The van der Waals surface area contributed by atoms with E-state index in [2.05, 4.69) is 20.3 Å². The highest BCUT2D eigenvalue weighted by Crippen LogP contribution is 2.45. The van der Waals surface area contributed by atoms with Crippen LogP contribution in [0.3, 0.4) is 0 Å². The van der Waals surface area contributed by atoms with Gasteiger partial charge in [0, 0.05) is 57.3 Å². The Bertz CT molecular complexity index is 3290. The summed E-state index contributed by atoms with van der Waals surface area (Å²) in [6.45, 7) is 0. The van der Waals surface area contributed by atoms with Crippen molar-refractivity contribution in [3.63, 3.8) is 0 Å². The summed E-state index contributed by atoms with van der Waals surface area (Å²) in [4.78, 5) is 12.9. The van der Waals surface area contributed by atoms with E-state index in [0.29, 0.717) is 61.7 Å². The SMILES string of the molecule is Fc1c(F)c(F)c(-c2cc(-n3c4ccccc4c4ccc(-c5ncccn5)cc43)c(C(F)(F)F)cc2-n2c3c(c4ccc(=C5N=CC=CN5)cc42)CC=CC=3)c(F)c1F. The van der Waals surface area contributed by atoms with Gasteiger partial charge in [-0.15, -0.1) is 0 Å². The third-order valence-electron chi connectivity index (χ3n) is 10.6. The van der Waals surface area contributed by atoms with E-state index < -0.39 is 63.3 Å². The van der Waals surface area contributed by atoms with Gasteiger partial charge in [-0.05, 0) is 60.5 Å². The summed E-state index contributed by atoms with van der Waals surface area (Å²) in [7, 11) is 0. The molecule has 2 aliphatic rings. The standard InChI is InChI=1S/C45H24F8N6/c46-38-37(39(47)41(49)42(50)40(38)48)29-21-36(59-32-10-4-2-8-26(32)28-14-12-24(20-34(28)59)44-56-17-6-18-57-44)30(45(51,52)53)22-35(29)58-31-9-3-1-7-25(31)27-13-11-23(19-33(27)58)43-54-15-5-16-55-43/h1-6,8-22,54H,7H2. The number of para-hydroxylation sites is 1. The molecular weight excluding hydrogens is 777 g/mol. The Morgan fingerprint density at radius 3 is 2.10 bits per heavy atom. The predicted octanol–water partition coefficient (Wildman–Crippen LogP) is 9.71. The van der Waals surface area contributed by atoms with E-state index in [4.69, 9.17) is 0 Å². The molecule has 1 aliphatic carbocycles. The van der Waals surface area contributed by atoms with Gasteiger partial charge in [-0.3, -0.25) is 0 Å². The summed E-state index contributed by atoms with van der Waals surface area (Å²) in [5, 5.41) is 5.50. The molecule has 10 rings (SSSR count). The van der Waals surface area contributed by atoms with Gasteiger partial charge in [0.2, 0.25) is 5.82 Å². The highest BCUT2D eigenvalue weighted by molar-refractivity contribution is 6.10. The number of hydrogen-bond donors (Lipinski definition) is 1. The highest BCUT2D eigenvalue weighted by atomic mass is 19.4. The number of alkyl halides is 3. The Balaban J connectivity index is 1.39. The molecule has 0 unspecified atom stereocenters. The van der Waals surface area contributed by atoms with E-state index in [1.807, 2.05) is 6.08 Å². The van der Waals surface area contributed by atoms with Gasteiger partial charge in [0.05, 0.1) is 44.4 Å². The van der Waals surface area contributed by atoms with Crippen molar-refractivity contribution in [2.24, 2.45) is 4.99 Å². The number of benzene rings is 5. The molecule has 59 heavy (non-hydrogen) atoms. The van der Waals surface area contributed by atoms with Crippen LogP contribution in [0.4, 0.5) is 35.1 Å². The van der Waals surface area contributed by atoms with Crippen LogP contribution in [0, 0.1) is 29.1 Å². The van der Waals surface area contributed by atoms with Crippen molar-refractivity contribution in [3.8, 4) is 33.9 Å². The van der Waals surface area contributed by atoms with E-state index in [-0.39, 0.29) is 16.9 Å². The van der Waals surface area contributed by atoms with Gasteiger partial charge < -0.3 is 14.5 Å². The average Bonchev–Trinajstić information content (AvgIpc) is 3.77. The van der Waals surface area contributed by atoms with Gasteiger partial charge in [-0.2, -0.15) is 13.2 Å². The number of fused-ring (bicyclic) bond motifs is 6. The van der Waals surface area contributed by atoms with Crippen LogP contribution >= 0.6 is 0 Å². The van der Waals surface area contributed by atoms with Crippen LogP contribution in [0.15, 0.2) is 121 Å². The van der Waals surface area contributed by atoms with Gasteiger partial charge in [-0.25, -0.2) is 36.9 Å². The number of aromatic nitrogens is 4. The van der Waals surface area contributed by atoms with Crippen LogP contribution in [0.2, 0.25) is 0 Å². The second kappa shape index (κ2) is 13.4. The van der Waals surface area contributed by atoms with Crippen molar-refractivity contribution in [3.05, 3.63) is 166 Å². The minimum absolute atomic E-state index is 0.233. The number of allylic oxidation sites excluding steroid dienone is 3. The molecule has 1 aliphatic heterocycles. The van der Waals surface area contributed by atoms with E-state index in [1.54, 1.807) is 91.2 Å². The summed E-state index contributed by atoms with van der Waals surface area (Å²) in [6, 6.07) is 19.9. The van der Waals surface area contributed by atoms with Crippen molar-refractivity contribution in [1.82, 2.24) is 24.4 Å². The zero-order valence-electron chi connectivity index (χ0n) is 30.1. The maximum Gasteiger partial charge on any atom is 0.418 e. The van der Waals surface area contributed by atoms with Gasteiger partial charge in [0.25, 0.3) is 0 Å². The van der Waals surface area contributed by atoms with Crippen LogP contribution < -0.4 is 15.9 Å². The van der Waals surface area contributed by atoms with Crippen LogP contribution in [-0.2, 0) is 12.6 Å². The second-order valence-corrected chi connectivity index (χ2v) is 13.8. The second-order valence-electron chi connectivity index (χ2n) is 13.8. The fourth-order valence-electron chi connectivity index (χ4n) is 8.03. The first-order valence-corrected chi connectivity index (χ1v) is 18.1. The zero-order valence-corrected chi connectivity index (χ0v) is 30.1.